The number of hydrogen-bond acceptors (Lipinski definition) is 2. The summed E-state index contributed by atoms with van der Waals surface area (Å²) in [7, 11) is 1.71. The number of carbonyl (C=O) groups excluding carboxylic acids is 1. The number of carbonyl (C=O) groups is 1. The van der Waals surface area contributed by atoms with Gasteiger partial charge in [0.25, 0.3) is 5.91 Å². The Bertz CT molecular complexity index is 446. The molecule has 0 saturated carbocycles. The molecular weight excluding hydrogens is 262 g/mol. The van der Waals surface area contributed by atoms with Gasteiger partial charge in [0.2, 0.25) is 0 Å². The molecule has 19 heavy (non-hydrogen) atoms. The monoisotopic (exact) mass is 281 g/mol. The molecule has 1 atom stereocenters. The Labute approximate surface area is 119 Å². The quantitative estimate of drug-likeness (QED) is 0.797. The van der Waals surface area contributed by atoms with Crippen LogP contribution in [0.25, 0.3) is 0 Å². The number of methoxy groups -OCH3 is 1. The molecule has 2 rings (SSSR count). The van der Waals surface area contributed by atoms with Crippen LogP contribution >= 0.6 is 11.6 Å². The Morgan fingerprint density at radius 3 is 2.68 bits per heavy atom. The maximum absolute atomic E-state index is 12.4. The smallest absolute Gasteiger partial charge is 0.253 e. The van der Waals surface area contributed by atoms with Crippen LogP contribution in [-0.4, -0.2) is 36.6 Å². The van der Waals surface area contributed by atoms with Crippen molar-refractivity contribution in [3.8, 4) is 0 Å². The van der Waals surface area contributed by atoms with Gasteiger partial charge in [0.1, 0.15) is 0 Å². The first kappa shape index (κ1) is 14.4. The molecule has 0 aromatic heterocycles. The van der Waals surface area contributed by atoms with Gasteiger partial charge in [-0.15, -0.1) is 11.6 Å². The van der Waals surface area contributed by atoms with Crippen LogP contribution in [0.2, 0.25) is 0 Å². The van der Waals surface area contributed by atoms with E-state index < -0.39 is 0 Å². The third kappa shape index (κ3) is 3.28. The van der Waals surface area contributed by atoms with E-state index in [2.05, 4.69) is 6.92 Å². The molecule has 0 N–H and O–H groups in total. The van der Waals surface area contributed by atoms with E-state index in [0.717, 1.165) is 24.9 Å². The number of ether oxygens (including phenoxy) is 1. The second kappa shape index (κ2) is 5.93. The molecule has 3 nitrogen and oxygen atoms in total. The van der Waals surface area contributed by atoms with Crippen molar-refractivity contribution >= 4 is 17.5 Å². The number of likely N-dealkylation sites (tertiary alicyclic amines) is 1. The number of halogens is 1. The lowest BCUT2D eigenvalue weighted by Gasteiger charge is -2.39. The Kier molecular flexibility index (Phi) is 4.48. The van der Waals surface area contributed by atoms with Crippen LogP contribution < -0.4 is 0 Å². The number of nitrogens with zero attached hydrogens (tertiary/aromatic N) is 1. The average Bonchev–Trinajstić information content (AvgIpc) is 2.46. The molecule has 4 heteroatoms. The zero-order valence-electron chi connectivity index (χ0n) is 11.5. The van der Waals surface area contributed by atoms with Gasteiger partial charge in [-0.1, -0.05) is 12.1 Å². The highest BCUT2D eigenvalue weighted by atomic mass is 35.5. The Morgan fingerprint density at radius 2 is 2.11 bits per heavy atom. The molecule has 0 radical (unpaired) electrons. The van der Waals surface area contributed by atoms with Crippen molar-refractivity contribution in [2.24, 2.45) is 0 Å². The summed E-state index contributed by atoms with van der Waals surface area (Å²) >= 11 is 5.75. The summed E-state index contributed by atoms with van der Waals surface area (Å²) in [6.07, 6.45) is 1.98. The standard InChI is InChI=1S/C15H20ClNO2/c1-15(19-2)8-3-9-17(11-15)14(18)13-6-4-12(10-16)5-7-13/h4-7H,3,8-11H2,1-2H3. The van der Waals surface area contributed by atoms with Crippen LogP contribution in [-0.2, 0) is 10.6 Å². The fourth-order valence-corrected chi connectivity index (χ4v) is 2.64. The molecule has 1 heterocycles. The number of benzene rings is 1. The van der Waals surface area contributed by atoms with Crippen molar-refractivity contribution in [2.45, 2.75) is 31.2 Å². The lowest BCUT2D eigenvalue weighted by atomic mass is 9.94. The number of piperidine rings is 1. The summed E-state index contributed by atoms with van der Waals surface area (Å²) < 4.78 is 5.52. The molecular formula is C15H20ClNO2. The number of alkyl halides is 1. The number of amides is 1. The van der Waals surface area contributed by atoms with Crippen LogP contribution in [0.15, 0.2) is 24.3 Å². The lowest BCUT2D eigenvalue weighted by molar-refractivity contribution is -0.0440. The van der Waals surface area contributed by atoms with E-state index in [1.54, 1.807) is 7.11 Å². The summed E-state index contributed by atoms with van der Waals surface area (Å²) in [4.78, 5) is 14.3. The highest BCUT2D eigenvalue weighted by Gasteiger charge is 2.33. The second-order valence-corrected chi connectivity index (χ2v) is 5.58. The predicted molar refractivity (Wildman–Crippen MR) is 76.6 cm³/mol. The minimum Gasteiger partial charge on any atom is -0.377 e. The fourth-order valence-electron chi connectivity index (χ4n) is 2.46. The SMILES string of the molecule is COC1(C)CCCN(C(=O)c2ccc(CCl)cc2)C1. The molecule has 1 unspecified atom stereocenters. The fraction of sp³-hybridized carbons (Fsp3) is 0.533. The summed E-state index contributed by atoms with van der Waals surface area (Å²) in [6, 6.07) is 7.50. The van der Waals surface area contributed by atoms with E-state index >= 15 is 0 Å². The minimum absolute atomic E-state index is 0.0732. The molecule has 1 fully saturated rings. The minimum atomic E-state index is -0.218. The maximum atomic E-state index is 12.4. The van der Waals surface area contributed by atoms with Crippen molar-refractivity contribution in [1.29, 1.82) is 0 Å². The molecule has 1 aromatic rings. The van der Waals surface area contributed by atoms with Crippen molar-refractivity contribution in [3.05, 3.63) is 35.4 Å². The van der Waals surface area contributed by atoms with Crippen LogP contribution in [0, 0.1) is 0 Å². The maximum Gasteiger partial charge on any atom is 0.253 e. The van der Waals surface area contributed by atoms with E-state index in [-0.39, 0.29) is 11.5 Å². The summed E-state index contributed by atoms with van der Waals surface area (Å²) in [5.41, 5.74) is 1.53. The molecule has 0 aliphatic carbocycles. The summed E-state index contributed by atoms with van der Waals surface area (Å²) in [6.45, 7) is 3.51. The average molecular weight is 282 g/mol. The van der Waals surface area contributed by atoms with Gasteiger partial charge in [0.05, 0.1) is 5.60 Å². The first-order valence-corrected chi connectivity index (χ1v) is 7.11. The topological polar surface area (TPSA) is 29.5 Å². The van der Waals surface area contributed by atoms with E-state index in [4.69, 9.17) is 16.3 Å². The van der Waals surface area contributed by atoms with E-state index in [1.165, 1.54) is 0 Å². The summed E-state index contributed by atoms with van der Waals surface area (Å²) in [5, 5.41) is 0. The largest absolute Gasteiger partial charge is 0.377 e. The van der Waals surface area contributed by atoms with Gasteiger partial charge in [0.15, 0.2) is 0 Å². The van der Waals surface area contributed by atoms with Crippen molar-refractivity contribution < 1.29 is 9.53 Å². The lowest BCUT2D eigenvalue weighted by Crippen LogP contribution is -2.49. The molecule has 1 aliphatic rings. The molecule has 0 bridgehead atoms. The Morgan fingerprint density at radius 1 is 1.42 bits per heavy atom. The van der Waals surface area contributed by atoms with Crippen molar-refractivity contribution in [1.82, 2.24) is 4.90 Å². The molecule has 1 amide bonds. The van der Waals surface area contributed by atoms with Crippen LogP contribution in [0.1, 0.15) is 35.7 Å². The molecule has 1 aromatic carbocycles. The van der Waals surface area contributed by atoms with Gasteiger partial charge in [-0.2, -0.15) is 0 Å². The van der Waals surface area contributed by atoms with Crippen molar-refractivity contribution in [3.63, 3.8) is 0 Å². The Balaban J connectivity index is 2.10. The van der Waals surface area contributed by atoms with Gasteiger partial charge in [-0.3, -0.25) is 4.79 Å². The molecule has 1 saturated heterocycles. The first-order chi connectivity index (χ1) is 9.08. The number of hydrogen-bond donors (Lipinski definition) is 0. The normalized spacial score (nSPS) is 23.4. The van der Waals surface area contributed by atoms with Gasteiger partial charge in [-0.25, -0.2) is 0 Å². The second-order valence-electron chi connectivity index (χ2n) is 5.31. The first-order valence-electron chi connectivity index (χ1n) is 6.57. The molecule has 0 spiro atoms. The van der Waals surface area contributed by atoms with Gasteiger partial charge in [0, 0.05) is 31.6 Å². The van der Waals surface area contributed by atoms with Gasteiger partial charge in [-0.05, 0) is 37.5 Å². The van der Waals surface area contributed by atoms with Crippen LogP contribution in [0.3, 0.4) is 0 Å². The van der Waals surface area contributed by atoms with Crippen LogP contribution in [0.5, 0.6) is 0 Å². The Hall–Kier alpha value is -1.06. The zero-order valence-corrected chi connectivity index (χ0v) is 12.2. The van der Waals surface area contributed by atoms with E-state index in [9.17, 15) is 4.79 Å². The third-order valence-corrected chi connectivity index (χ3v) is 4.10. The van der Waals surface area contributed by atoms with Gasteiger partial charge >= 0.3 is 0 Å². The summed E-state index contributed by atoms with van der Waals surface area (Å²) in [5.74, 6) is 0.545. The zero-order chi connectivity index (χ0) is 13.9. The molecule has 104 valence electrons. The number of rotatable bonds is 3. The highest BCUT2D eigenvalue weighted by molar-refractivity contribution is 6.17. The highest BCUT2D eigenvalue weighted by Crippen LogP contribution is 2.25. The van der Waals surface area contributed by atoms with Crippen LogP contribution in [0.4, 0.5) is 0 Å². The third-order valence-electron chi connectivity index (χ3n) is 3.79. The van der Waals surface area contributed by atoms with Gasteiger partial charge < -0.3 is 9.64 Å². The van der Waals surface area contributed by atoms with E-state index in [1.807, 2.05) is 29.2 Å². The van der Waals surface area contributed by atoms with Crippen molar-refractivity contribution in [2.75, 3.05) is 20.2 Å². The van der Waals surface area contributed by atoms with E-state index in [0.29, 0.717) is 18.0 Å². The predicted octanol–water partition coefficient (Wildman–Crippen LogP) is 3.07. The molecule has 1 aliphatic heterocycles.